The predicted octanol–water partition coefficient (Wildman–Crippen LogP) is 5.97. The summed E-state index contributed by atoms with van der Waals surface area (Å²) in [6, 6.07) is 11.2. The molecule has 0 N–H and O–H groups in total. The highest BCUT2D eigenvalue weighted by molar-refractivity contribution is 7.89. The van der Waals surface area contributed by atoms with Gasteiger partial charge in [-0.05, 0) is 56.6 Å². The van der Waals surface area contributed by atoms with E-state index >= 15 is 0 Å². The second-order valence-electron chi connectivity index (χ2n) is 6.27. The summed E-state index contributed by atoms with van der Waals surface area (Å²) >= 11 is 0. The van der Waals surface area contributed by atoms with Crippen molar-refractivity contribution in [1.82, 2.24) is 0 Å². The van der Waals surface area contributed by atoms with Crippen molar-refractivity contribution in [1.29, 1.82) is 0 Å². The van der Waals surface area contributed by atoms with E-state index in [0.717, 1.165) is 27.9 Å². The summed E-state index contributed by atoms with van der Waals surface area (Å²) in [6.07, 6.45) is 4.46. The molecule has 4 heteroatoms. The molecule has 0 aliphatic carbocycles. The lowest BCUT2D eigenvalue weighted by Crippen LogP contribution is -2.38. The molecule has 0 saturated carbocycles. The van der Waals surface area contributed by atoms with Gasteiger partial charge < -0.3 is 4.43 Å². The summed E-state index contributed by atoms with van der Waals surface area (Å²) < 4.78 is 19.4. The van der Waals surface area contributed by atoms with E-state index in [1.807, 2.05) is 43.3 Å². The zero-order chi connectivity index (χ0) is 18.2. The Hall–Kier alpha value is -0.973. The van der Waals surface area contributed by atoms with E-state index in [9.17, 15) is 4.21 Å². The van der Waals surface area contributed by atoms with Crippen LogP contribution in [0.3, 0.4) is 0 Å². The Bertz CT molecular complexity index is 566. The Morgan fingerprint density at radius 1 is 1.21 bits per heavy atom. The van der Waals surface area contributed by atoms with Crippen molar-refractivity contribution >= 4 is 19.1 Å². The molecule has 134 valence electrons. The van der Waals surface area contributed by atoms with Gasteiger partial charge in [0.1, 0.15) is 0 Å². The van der Waals surface area contributed by atoms with Crippen LogP contribution < -0.4 is 0 Å². The monoisotopic (exact) mass is 364 g/mol. The first kappa shape index (κ1) is 21.1. The maximum Gasteiger partial charge on any atom is 0.192 e. The van der Waals surface area contributed by atoms with E-state index in [1.54, 1.807) is 0 Å². The van der Waals surface area contributed by atoms with Crippen molar-refractivity contribution in [2.24, 2.45) is 0 Å². The van der Waals surface area contributed by atoms with Gasteiger partial charge in [0.2, 0.25) is 0 Å². The van der Waals surface area contributed by atoms with Gasteiger partial charge in [0.05, 0.1) is 16.9 Å². The molecule has 0 bridgehead atoms. The van der Waals surface area contributed by atoms with Gasteiger partial charge in [0.15, 0.2) is 8.32 Å². The van der Waals surface area contributed by atoms with Gasteiger partial charge in [0, 0.05) is 9.80 Å². The quantitative estimate of drug-likeness (QED) is 0.377. The highest BCUT2D eigenvalue weighted by Crippen LogP contribution is 2.25. The predicted molar refractivity (Wildman–Crippen MR) is 108 cm³/mol. The van der Waals surface area contributed by atoms with Gasteiger partial charge in [-0.2, -0.15) is 0 Å². The van der Waals surface area contributed by atoms with Crippen LogP contribution in [0.5, 0.6) is 0 Å². The summed E-state index contributed by atoms with van der Waals surface area (Å²) in [5.74, 6) is 0. The minimum absolute atomic E-state index is 0.0131. The molecule has 1 aromatic carbocycles. The van der Waals surface area contributed by atoms with Crippen molar-refractivity contribution in [2.75, 3.05) is 0 Å². The highest BCUT2D eigenvalue weighted by Gasteiger charge is 2.30. The number of benzene rings is 1. The summed E-state index contributed by atoms with van der Waals surface area (Å²) in [4.78, 5) is 1.72. The number of hydrogen-bond donors (Lipinski definition) is 0. The molecule has 0 unspecified atom stereocenters. The molecule has 0 spiro atoms. The zero-order valence-corrected chi connectivity index (χ0v) is 17.6. The maximum absolute atomic E-state index is 12.9. The first-order chi connectivity index (χ1) is 11.4. The molecule has 0 aliphatic heterocycles. The molecular weight excluding hydrogens is 332 g/mol. The van der Waals surface area contributed by atoms with E-state index in [4.69, 9.17) is 4.43 Å². The summed E-state index contributed by atoms with van der Waals surface area (Å²) in [5.41, 5.74) is 1.17. The molecule has 0 radical (unpaired) electrons. The summed E-state index contributed by atoms with van der Waals surface area (Å²) in [5, 5.41) is 0. The fraction of sp³-hybridized carbons (Fsp3) is 0.500. The Labute approximate surface area is 151 Å². The first-order valence-corrected chi connectivity index (χ1v) is 12.6. The molecule has 24 heavy (non-hydrogen) atoms. The zero-order valence-electron chi connectivity index (χ0n) is 15.8. The molecule has 0 aromatic heterocycles. The molecule has 0 amide bonds. The van der Waals surface area contributed by atoms with Crippen LogP contribution in [0.1, 0.15) is 39.7 Å². The van der Waals surface area contributed by atoms with Gasteiger partial charge in [-0.25, -0.2) is 4.21 Å². The number of rotatable bonds is 10. The smallest absolute Gasteiger partial charge is 0.192 e. The number of hydrogen-bond acceptors (Lipinski definition) is 2. The standard InChI is InChI=1S/C20H32O2SSi/c1-7-11-20(23(21)19-14-12-17(5)13-15-19)16-18(6)22-24(8-2,9-3)10-4/h7,12-16,18H,1,8-11H2,2-6H3/b20-16-/t18-,23+/m1/s1. The molecule has 0 fully saturated rings. The Kier molecular flexibility index (Phi) is 8.88. The minimum atomic E-state index is -1.66. The van der Waals surface area contributed by atoms with E-state index in [0.29, 0.717) is 6.42 Å². The van der Waals surface area contributed by atoms with Crippen LogP contribution in [0.25, 0.3) is 0 Å². The van der Waals surface area contributed by atoms with Crippen molar-refractivity contribution in [2.45, 2.75) is 70.2 Å². The van der Waals surface area contributed by atoms with E-state index in [-0.39, 0.29) is 6.10 Å². The molecule has 2 nitrogen and oxygen atoms in total. The molecular formula is C20H32O2SSi. The van der Waals surface area contributed by atoms with Gasteiger partial charge in [-0.1, -0.05) is 44.5 Å². The van der Waals surface area contributed by atoms with Crippen molar-refractivity contribution in [3.8, 4) is 0 Å². The van der Waals surface area contributed by atoms with Crippen LogP contribution in [0.15, 0.2) is 52.8 Å². The average Bonchev–Trinajstić information content (AvgIpc) is 2.59. The fourth-order valence-electron chi connectivity index (χ4n) is 2.85. The third kappa shape index (κ3) is 5.83. The van der Waals surface area contributed by atoms with Crippen LogP contribution in [-0.4, -0.2) is 18.6 Å². The highest BCUT2D eigenvalue weighted by atomic mass is 32.2. The molecule has 1 aromatic rings. The Balaban J connectivity index is 3.01. The fourth-order valence-corrected chi connectivity index (χ4v) is 6.98. The second-order valence-corrected chi connectivity index (χ2v) is 12.5. The van der Waals surface area contributed by atoms with Crippen LogP contribution in [0.4, 0.5) is 0 Å². The largest absolute Gasteiger partial charge is 0.411 e. The van der Waals surface area contributed by atoms with Gasteiger partial charge in [-0.3, -0.25) is 0 Å². The lowest BCUT2D eigenvalue weighted by Gasteiger charge is -2.31. The Morgan fingerprint density at radius 2 is 1.75 bits per heavy atom. The normalized spacial score (nSPS) is 15.1. The molecule has 2 atom stereocenters. The van der Waals surface area contributed by atoms with Crippen molar-refractivity contribution < 1.29 is 8.63 Å². The van der Waals surface area contributed by atoms with E-state index in [1.165, 1.54) is 5.56 Å². The topological polar surface area (TPSA) is 26.3 Å². The lowest BCUT2D eigenvalue weighted by atomic mass is 10.2. The van der Waals surface area contributed by atoms with E-state index in [2.05, 4.69) is 34.3 Å². The third-order valence-electron chi connectivity index (χ3n) is 4.61. The van der Waals surface area contributed by atoms with Crippen LogP contribution in [-0.2, 0) is 15.2 Å². The van der Waals surface area contributed by atoms with Crippen molar-refractivity contribution in [3.63, 3.8) is 0 Å². The van der Waals surface area contributed by atoms with Gasteiger partial charge in [-0.15, -0.1) is 6.58 Å². The summed E-state index contributed by atoms with van der Waals surface area (Å²) in [6.45, 7) is 14.6. The molecule has 0 heterocycles. The van der Waals surface area contributed by atoms with Crippen molar-refractivity contribution in [3.05, 3.63) is 53.5 Å². The number of allylic oxidation sites excluding steroid dienone is 2. The maximum atomic E-state index is 12.9. The van der Waals surface area contributed by atoms with Gasteiger partial charge in [0.25, 0.3) is 0 Å². The molecule has 1 rings (SSSR count). The first-order valence-electron chi connectivity index (χ1n) is 8.89. The molecule has 0 aliphatic rings. The van der Waals surface area contributed by atoms with Crippen LogP contribution in [0, 0.1) is 6.92 Å². The minimum Gasteiger partial charge on any atom is -0.411 e. The average molecular weight is 365 g/mol. The molecule has 0 saturated heterocycles. The van der Waals surface area contributed by atoms with E-state index < -0.39 is 19.1 Å². The van der Waals surface area contributed by atoms with Crippen LogP contribution in [0.2, 0.25) is 18.1 Å². The van der Waals surface area contributed by atoms with Crippen LogP contribution >= 0.6 is 0 Å². The second kappa shape index (κ2) is 10.1. The summed E-state index contributed by atoms with van der Waals surface area (Å²) in [7, 11) is -2.82. The third-order valence-corrected chi connectivity index (χ3v) is 10.8. The Morgan fingerprint density at radius 3 is 2.21 bits per heavy atom. The number of aryl methyl sites for hydroxylation is 1. The SMILES string of the molecule is C=CC/C(=C/[C@@H](C)O[Si](CC)(CC)CC)[S@@](=O)c1ccc(C)cc1. The van der Waals surface area contributed by atoms with Gasteiger partial charge >= 0.3 is 0 Å². The lowest BCUT2D eigenvalue weighted by molar-refractivity contribution is 0.251.